The van der Waals surface area contributed by atoms with E-state index in [4.69, 9.17) is 0 Å². The number of phenolic OH excluding ortho intramolecular Hbond substituents is 1. The van der Waals surface area contributed by atoms with Crippen LogP contribution in [0.1, 0.15) is 27.0 Å². The summed E-state index contributed by atoms with van der Waals surface area (Å²) < 4.78 is 43.2. The van der Waals surface area contributed by atoms with Gasteiger partial charge in [-0.3, -0.25) is 0 Å². The Morgan fingerprint density at radius 1 is 0.966 bits per heavy atom. The molecular formula is C22H15FO5S. The van der Waals surface area contributed by atoms with Crippen LogP contribution >= 0.6 is 0 Å². The van der Waals surface area contributed by atoms with Gasteiger partial charge in [-0.2, -0.15) is 8.42 Å². The molecule has 0 saturated heterocycles. The van der Waals surface area contributed by atoms with Crippen molar-refractivity contribution in [2.75, 3.05) is 0 Å². The van der Waals surface area contributed by atoms with Gasteiger partial charge in [-0.05, 0) is 61.5 Å². The summed E-state index contributed by atoms with van der Waals surface area (Å²) in [5, 5.41) is 9.24. The standard InChI is InChI=1S/C22H15FO5S/c1-15-2-12-20(13-3-15)29(26,27)28-22(25)18-9-8-17(21(23)14-18)7-4-16-5-10-19(24)11-6-16/h2-3,5-6,8-14,24H,1H3. The highest BCUT2D eigenvalue weighted by Gasteiger charge is 2.22. The molecule has 3 aromatic rings. The van der Waals surface area contributed by atoms with Crippen molar-refractivity contribution in [2.45, 2.75) is 11.8 Å². The van der Waals surface area contributed by atoms with E-state index >= 15 is 0 Å². The Balaban J connectivity index is 1.78. The molecule has 0 saturated carbocycles. The lowest BCUT2D eigenvalue weighted by molar-refractivity contribution is 0.0746. The molecule has 0 aliphatic heterocycles. The van der Waals surface area contributed by atoms with Gasteiger partial charge in [0.15, 0.2) is 0 Å². The quantitative estimate of drug-likeness (QED) is 0.525. The van der Waals surface area contributed by atoms with Crippen molar-refractivity contribution in [3.05, 3.63) is 94.8 Å². The van der Waals surface area contributed by atoms with Gasteiger partial charge in [-0.25, -0.2) is 9.18 Å². The number of aromatic hydroxyl groups is 1. The van der Waals surface area contributed by atoms with Crippen LogP contribution in [0.5, 0.6) is 5.75 Å². The average molecular weight is 410 g/mol. The largest absolute Gasteiger partial charge is 0.508 e. The molecule has 0 bridgehead atoms. The molecule has 29 heavy (non-hydrogen) atoms. The smallest absolute Gasteiger partial charge is 0.354 e. The summed E-state index contributed by atoms with van der Waals surface area (Å²) in [6.07, 6.45) is 0. The molecule has 5 nitrogen and oxygen atoms in total. The van der Waals surface area contributed by atoms with Gasteiger partial charge in [0.2, 0.25) is 0 Å². The van der Waals surface area contributed by atoms with Gasteiger partial charge in [-0.1, -0.05) is 29.5 Å². The molecule has 1 N–H and O–H groups in total. The summed E-state index contributed by atoms with van der Waals surface area (Å²) in [5.41, 5.74) is 1.18. The molecule has 0 aromatic heterocycles. The average Bonchev–Trinajstić information content (AvgIpc) is 2.68. The lowest BCUT2D eigenvalue weighted by Gasteiger charge is -2.06. The Hall–Kier alpha value is -3.63. The molecular weight excluding hydrogens is 395 g/mol. The first-order chi connectivity index (χ1) is 13.7. The third kappa shape index (κ3) is 5.00. The minimum Gasteiger partial charge on any atom is -0.508 e. The zero-order valence-corrected chi connectivity index (χ0v) is 16.0. The topological polar surface area (TPSA) is 80.7 Å². The summed E-state index contributed by atoms with van der Waals surface area (Å²) in [6.45, 7) is 1.79. The van der Waals surface area contributed by atoms with Crippen LogP contribution in [0.4, 0.5) is 4.39 Å². The molecule has 0 unspecified atom stereocenters. The lowest BCUT2D eigenvalue weighted by Crippen LogP contribution is -2.14. The Morgan fingerprint density at radius 2 is 1.62 bits per heavy atom. The van der Waals surface area contributed by atoms with E-state index < -0.39 is 21.9 Å². The van der Waals surface area contributed by atoms with Gasteiger partial charge in [0, 0.05) is 5.56 Å². The number of phenols is 1. The van der Waals surface area contributed by atoms with Crippen LogP contribution in [0.15, 0.2) is 71.6 Å². The number of hydrogen-bond donors (Lipinski definition) is 1. The maximum Gasteiger partial charge on any atom is 0.354 e. The number of carbonyl (C=O) groups is 1. The molecule has 3 aromatic carbocycles. The Bertz CT molecular complexity index is 1220. The first kappa shape index (κ1) is 20.1. The molecule has 0 atom stereocenters. The normalized spacial score (nSPS) is 10.7. The molecule has 0 amide bonds. The van der Waals surface area contributed by atoms with Crippen molar-refractivity contribution in [1.82, 2.24) is 0 Å². The number of hydrogen-bond acceptors (Lipinski definition) is 5. The predicted octanol–water partition coefficient (Wildman–Crippen LogP) is 3.79. The molecule has 0 fully saturated rings. The maximum atomic E-state index is 14.3. The fourth-order valence-electron chi connectivity index (χ4n) is 2.33. The molecule has 0 aliphatic rings. The number of halogens is 1. The van der Waals surface area contributed by atoms with Crippen molar-refractivity contribution in [3.8, 4) is 17.6 Å². The molecule has 0 aliphatic carbocycles. The van der Waals surface area contributed by atoms with E-state index in [1.54, 1.807) is 31.2 Å². The van der Waals surface area contributed by atoms with Crippen LogP contribution in [0.25, 0.3) is 0 Å². The Labute approximate surface area is 167 Å². The monoisotopic (exact) mass is 410 g/mol. The van der Waals surface area contributed by atoms with Crippen molar-refractivity contribution in [3.63, 3.8) is 0 Å². The predicted molar refractivity (Wildman–Crippen MR) is 104 cm³/mol. The minimum absolute atomic E-state index is 0.0241. The maximum absolute atomic E-state index is 14.3. The van der Waals surface area contributed by atoms with Gasteiger partial charge < -0.3 is 9.29 Å². The van der Waals surface area contributed by atoms with Crippen molar-refractivity contribution < 1.29 is 26.9 Å². The third-order valence-corrected chi connectivity index (χ3v) is 5.13. The fraction of sp³-hybridized carbons (Fsp3) is 0.0455. The highest BCUT2D eigenvalue weighted by atomic mass is 32.2. The third-order valence-electron chi connectivity index (χ3n) is 3.91. The number of rotatable bonds is 3. The summed E-state index contributed by atoms with van der Waals surface area (Å²) in [5.74, 6) is 3.45. The molecule has 0 radical (unpaired) electrons. The van der Waals surface area contributed by atoms with Crippen molar-refractivity contribution in [1.29, 1.82) is 0 Å². The van der Waals surface area contributed by atoms with E-state index in [0.29, 0.717) is 5.56 Å². The number of benzene rings is 3. The molecule has 0 heterocycles. The van der Waals surface area contributed by atoms with Crippen LogP contribution < -0.4 is 0 Å². The SMILES string of the molecule is Cc1ccc(S(=O)(=O)OC(=O)c2ccc(C#Cc3ccc(O)cc3)c(F)c2)cc1. The second-order valence-corrected chi connectivity index (χ2v) is 7.68. The summed E-state index contributed by atoms with van der Waals surface area (Å²) in [4.78, 5) is 12.0. The minimum atomic E-state index is -4.32. The van der Waals surface area contributed by atoms with E-state index in [-0.39, 0.29) is 21.8 Å². The highest BCUT2D eigenvalue weighted by Crippen LogP contribution is 2.17. The van der Waals surface area contributed by atoms with E-state index in [9.17, 15) is 22.7 Å². The number of aryl methyl sites for hydroxylation is 1. The van der Waals surface area contributed by atoms with Gasteiger partial charge in [0.25, 0.3) is 0 Å². The van der Waals surface area contributed by atoms with Gasteiger partial charge in [0.1, 0.15) is 16.5 Å². The second kappa shape index (κ2) is 8.17. The highest BCUT2D eigenvalue weighted by molar-refractivity contribution is 7.87. The van der Waals surface area contributed by atoms with E-state index in [1.165, 1.54) is 36.4 Å². The first-order valence-electron chi connectivity index (χ1n) is 8.41. The zero-order chi connectivity index (χ0) is 21.0. The van der Waals surface area contributed by atoms with Crippen LogP contribution in [0, 0.1) is 24.6 Å². The van der Waals surface area contributed by atoms with Crippen LogP contribution in [0.2, 0.25) is 0 Å². The van der Waals surface area contributed by atoms with Crippen LogP contribution in [-0.4, -0.2) is 19.5 Å². The second-order valence-electron chi connectivity index (χ2n) is 6.13. The summed E-state index contributed by atoms with van der Waals surface area (Å²) in [6, 6.07) is 15.2. The first-order valence-corrected chi connectivity index (χ1v) is 9.81. The fourth-order valence-corrected chi connectivity index (χ4v) is 3.19. The van der Waals surface area contributed by atoms with E-state index in [1.807, 2.05) is 0 Å². The Morgan fingerprint density at radius 3 is 2.24 bits per heavy atom. The molecule has 3 rings (SSSR count). The Kier molecular flexibility index (Phi) is 5.66. The van der Waals surface area contributed by atoms with Gasteiger partial charge in [0.05, 0.1) is 11.1 Å². The van der Waals surface area contributed by atoms with Crippen molar-refractivity contribution in [2.24, 2.45) is 0 Å². The van der Waals surface area contributed by atoms with Crippen LogP contribution in [0.3, 0.4) is 0 Å². The summed E-state index contributed by atoms with van der Waals surface area (Å²) >= 11 is 0. The van der Waals surface area contributed by atoms with E-state index in [2.05, 4.69) is 16.0 Å². The molecule has 7 heteroatoms. The van der Waals surface area contributed by atoms with Gasteiger partial charge in [-0.15, -0.1) is 0 Å². The zero-order valence-electron chi connectivity index (χ0n) is 15.2. The lowest BCUT2D eigenvalue weighted by atomic mass is 10.1. The van der Waals surface area contributed by atoms with Crippen molar-refractivity contribution >= 4 is 16.1 Å². The van der Waals surface area contributed by atoms with E-state index in [0.717, 1.165) is 11.6 Å². The molecule has 146 valence electrons. The number of carbonyl (C=O) groups excluding carboxylic acids is 1. The molecule has 0 spiro atoms. The van der Waals surface area contributed by atoms with Gasteiger partial charge >= 0.3 is 16.1 Å². The summed E-state index contributed by atoms with van der Waals surface area (Å²) in [7, 11) is -4.32. The van der Waals surface area contributed by atoms with Crippen LogP contribution in [-0.2, 0) is 14.3 Å².